The maximum absolute atomic E-state index is 12.2. The molecule has 12 heteroatoms. The fourth-order valence-corrected chi connectivity index (χ4v) is 2.37. The molecule has 1 N–H and O–H groups in total. The van der Waals surface area contributed by atoms with Gasteiger partial charge in [-0.25, -0.2) is 9.78 Å². The van der Waals surface area contributed by atoms with Gasteiger partial charge in [0.1, 0.15) is 0 Å². The van der Waals surface area contributed by atoms with Crippen molar-refractivity contribution in [3.05, 3.63) is 48.2 Å². The van der Waals surface area contributed by atoms with Crippen molar-refractivity contribution in [1.29, 1.82) is 0 Å². The molecule has 0 bridgehead atoms. The minimum Gasteiger partial charge on any atom is -0.468 e. The second-order valence-electron chi connectivity index (χ2n) is 5.32. The Morgan fingerprint density at radius 2 is 1.79 bits per heavy atom. The number of carbonyl (C=O) groups is 2. The molecule has 1 amide bonds. The zero-order valence-corrected chi connectivity index (χ0v) is 15.2. The number of hydrogen-bond acceptors (Lipinski definition) is 6. The summed E-state index contributed by atoms with van der Waals surface area (Å²) in [6, 6.07) is 7.81. The number of thioether (sulfide) groups is 1. The molecular weight excluding hydrogens is 423 g/mol. The predicted octanol–water partition coefficient (Wildman–Crippen LogP) is 4.13. The number of rotatable bonds is 8. The molecule has 0 fully saturated rings. The lowest BCUT2D eigenvalue weighted by molar-refractivity contribution is -0.154. The number of nitrogens with one attached hydrogen (secondary N) is 1. The van der Waals surface area contributed by atoms with Gasteiger partial charge >= 0.3 is 12.1 Å². The molecule has 2 aromatic rings. The number of pyridine rings is 1. The minimum absolute atomic E-state index is 0.0921. The largest absolute Gasteiger partial charge is 0.468 e. The van der Waals surface area contributed by atoms with E-state index in [0.29, 0.717) is 22.3 Å². The average molecular weight is 436 g/mol. The van der Waals surface area contributed by atoms with Crippen LogP contribution in [-0.4, -0.2) is 42.0 Å². The van der Waals surface area contributed by atoms with Crippen molar-refractivity contribution in [1.82, 2.24) is 4.98 Å². The first kappa shape index (κ1) is 22.4. The van der Waals surface area contributed by atoms with Gasteiger partial charge in [0.15, 0.2) is 13.2 Å². The van der Waals surface area contributed by atoms with Crippen molar-refractivity contribution < 1.29 is 41.0 Å². The molecule has 0 atom stereocenters. The molecule has 156 valence electrons. The Morgan fingerprint density at radius 3 is 2.34 bits per heavy atom. The third-order valence-corrected chi connectivity index (χ3v) is 3.78. The number of carbonyl (C=O) groups excluding carboxylic acids is 2. The van der Waals surface area contributed by atoms with Gasteiger partial charge in [0, 0.05) is 22.8 Å². The molecule has 6 nitrogen and oxygen atoms in total. The van der Waals surface area contributed by atoms with E-state index in [1.807, 2.05) is 0 Å². The standard InChI is InChI=1S/C17H13F5N2O4S/c18-16(19)29-12-4-2-11(3-5-12)24-13(25)8-27-15(26)10-1-6-14(23-7-10)28-9-17(20,21)22/h1-7,16H,8-9H2,(H,24,25). The number of hydrogen-bond donors (Lipinski definition) is 1. The molecule has 0 saturated heterocycles. The first-order chi connectivity index (χ1) is 13.6. The molecule has 0 spiro atoms. The lowest BCUT2D eigenvalue weighted by atomic mass is 10.3. The number of halogens is 5. The summed E-state index contributed by atoms with van der Waals surface area (Å²) in [7, 11) is 0. The molecule has 0 saturated carbocycles. The molecule has 0 aliphatic heterocycles. The summed E-state index contributed by atoms with van der Waals surface area (Å²) in [6.45, 7) is -2.16. The Kier molecular flexibility index (Phi) is 7.76. The highest BCUT2D eigenvalue weighted by Crippen LogP contribution is 2.26. The molecule has 1 aromatic carbocycles. The van der Waals surface area contributed by atoms with E-state index >= 15 is 0 Å². The predicted molar refractivity (Wildman–Crippen MR) is 93.0 cm³/mol. The second kappa shape index (κ2) is 10.0. The summed E-state index contributed by atoms with van der Waals surface area (Å²) >= 11 is 0.357. The van der Waals surface area contributed by atoms with Crippen LogP contribution in [-0.2, 0) is 9.53 Å². The Hall–Kier alpha value is -2.89. The molecule has 0 aliphatic carbocycles. The quantitative estimate of drug-likeness (QED) is 0.381. The topological polar surface area (TPSA) is 77.5 Å². The summed E-state index contributed by atoms with van der Waals surface area (Å²) in [5.74, 6) is -4.48. The van der Waals surface area contributed by atoms with Gasteiger partial charge in [-0.3, -0.25) is 4.79 Å². The third kappa shape index (κ3) is 8.34. The summed E-state index contributed by atoms with van der Waals surface area (Å²) in [5, 5.41) is 2.41. The third-order valence-electron chi connectivity index (χ3n) is 3.05. The maximum atomic E-state index is 12.2. The fourth-order valence-electron chi connectivity index (χ4n) is 1.87. The van der Waals surface area contributed by atoms with E-state index in [4.69, 9.17) is 4.74 Å². The van der Waals surface area contributed by atoms with Crippen molar-refractivity contribution in [2.45, 2.75) is 16.8 Å². The summed E-state index contributed by atoms with van der Waals surface area (Å²) in [6.07, 6.45) is -3.57. The second-order valence-corrected chi connectivity index (χ2v) is 6.38. The van der Waals surface area contributed by atoms with E-state index in [1.165, 1.54) is 24.3 Å². The van der Waals surface area contributed by atoms with E-state index in [-0.39, 0.29) is 11.4 Å². The number of amides is 1. The number of benzene rings is 1. The van der Waals surface area contributed by atoms with Gasteiger partial charge in [0.05, 0.1) is 5.56 Å². The summed E-state index contributed by atoms with van der Waals surface area (Å²) in [5.41, 5.74) is 0.225. The first-order valence-electron chi connectivity index (χ1n) is 7.80. The van der Waals surface area contributed by atoms with Crippen molar-refractivity contribution in [2.24, 2.45) is 0 Å². The van der Waals surface area contributed by atoms with Crippen LogP contribution in [0.2, 0.25) is 0 Å². The molecule has 1 heterocycles. The number of alkyl halides is 5. The molecule has 0 aliphatic rings. The monoisotopic (exact) mass is 436 g/mol. The van der Waals surface area contributed by atoms with E-state index in [2.05, 4.69) is 15.0 Å². The lowest BCUT2D eigenvalue weighted by Crippen LogP contribution is -2.21. The van der Waals surface area contributed by atoms with Gasteiger partial charge in [-0.2, -0.15) is 22.0 Å². The van der Waals surface area contributed by atoms with E-state index in [1.54, 1.807) is 0 Å². The molecule has 0 unspecified atom stereocenters. The summed E-state index contributed by atoms with van der Waals surface area (Å²) < 4.78 is 69.8. The van der Waals surface area contributed by atoms with Crippen LogP contribution in [0.15, 0.2) is 47.5 Å². The highest BCUT2D eigenvalue weighted by atomic mass is 32.2. The van der Waals surface area contributed by atoms with Gasteiger partial charge in [0.25, 0.3) is 11.7 Å². The highest BCUT2D eigenvalue weighted by Gasteiger charge is 2.28. The lowest BCUT2D eigenvalue weighted by Gasteiger charge is -2.09. The number of ether oxygens (including phenoxy) is 2. The van der Waals surface area contributed by atoms with Gasteiger partial charge in [-0.05, 0) is 30.3 Å². The minimum atomic E-state index is -4.52. The van der Waals surface area contributed by atoms with Crippen LogP contribution in [0, 0.1) is 0 Å². The van der Waals surface area contributed by atoms with E-state index in [0.717, 1.165) is 18.3 Å². The van der Waals surface area contributed by atoms with E-state index in [9.17, 15) is 31.5 Å². The van der Waals surface area contributed by atoms with Crippen LogP contribution in [0.1, 0.15) is 10.4 Å². The molecule has 29 heavy (non-hydrogen) atoms. The van der Waals surface area contributed by atoms with Gasteiger partial charge < -0.3 is 14.8 Å². The van der Waals surface area contributed by atoms with Crippen molar-refractivity contribution in [3.8, 4) is 5.88 Å². The van der Waals surface area contributed by atoms with Crippen molar-refractivity contribution in [3.63, 3.8) is 0 Å². The number of aromatic nitrogens is 1. The number of nitrogens with zero attached hydrogens (tertiary/aromatic N) is 1. The normalized spacial score (nSPS) is 11.2. The Bertz CT molecular complexity index is 829. The Labute approximate surface area is 165 Å². The molecular formula is C17H13F5N2O4S. The zero-order chi connectivity index (χ0) is 21.4. The van der Waals surface area contributed by atoms with Crippen LogP contribution in [0.3, 0.4) is 0 Å². The van der Waals surface area contributed by atoms with Crippen molar-refractivity contribution in [2.75, 3.05) is 18.5 Å². The summed E-state index contributed by atoms with van der Waals surface area (Å²) in [4.78, 5) is 27.5. The Morgan fingerprint density at radius 1 is 1.10 bits per heavy atom. The van der Waals surface area contributed by atoms with Gasteiger partial charge in [0.2, 0.25) is 5.88 Å². The molecule has 1 aromatic heterocycles. The van der Waals surface area contributed by atoms with Crippen LogP contribution < -0.4 is 10.1 Å². The molecule has 0 radical (unpaired) electrons. The fraction of sp³-hybridized carbons (Fsp3) is 0.235. The molecule has 2 rings (SSSR count). The van der Waals surface area contributed by atoms with Gasteiger partial charge in [-0.1, -0.05) is 11.8 Å². The SMILES string of the molecule is O=C(COC(=O)c1ccc(OCC(F)(F)F)nc1)Nc1ccc(SC(F)F)cc1. The van der Waals surface area contributed by atoms with Crippen LogP contribution in [0.4, 0.5) is 27.6 Å². The maximum Gasteiger partial charge on any atom is 0.422 e. The Balaban J connectivity index is 1.80. The smallest absolute Gasteiger partial charge is 0.422 e. The average Bonchev–Trinajstić information content (AvgIpc) is 2.65. The van der Waals surface area contributed by atoms with Crippen molar-refractivity contribution >= 4 is 29.3 Å². The van der Waals surface area contributed by atoms with Crippen LogP contribution in [0.25, 0.3) is 0 Å². The zero-order valence-electron chi connectivity index (χ0n) is 14.4. The van der Waals surface area contributed by atoms with Gasteiger partial charge in [-0.15, -0.1) is 0 Å². The van der Waals surface area contributed by atoms with Crippen LogP contribution >= 0.6 is 11.8 Å². The number of anilines is 1. The number of esters is 1. The van der Waals surface area contributed by atoms with Crippen LogP contribution in [0.5, 0.6) is 5.88 Å². The van der Waals surface area contributed by atoms with E-state index < -0.39 is 37.0 Å². The highest BCUT2D eigenvalue weighted by molar-refractivity contribution is 7.99. The first-order valence-corrected chi connectivity index (χ1v) is 8.68.